The fourth-order valence-corrected chi connectivity index (χ4v) is 2.33. The molecule has 0 fully saturated rings. The molecule has 1 amide bonds. The molecule has 0 radical (unpaired) electrons. The van der Waals surface area contributed by atoms with E-state index in [1.807, 2.05) is 63.2 Å². The largest absolute Gasteiger partial charge is 0.494 e. The Labute approximate surface area is 154 Å². The van der Waals surface area contributed by atoms with E-state index in [9.17, 15) is 9.59 Å². The topological polar surface area (TPSA) is 64.6 Å². The molecule has 0 saturated heterocycles. The molecule has 0 unspecified atom stereocenters. The van der Waals surface area contributed by atoms with Crippen LogP contribution in [0.1, 0.15) is 29.5 Å². The Hall–Kier alpha value is -2.82. The monoisotopic (exact) mass is 355 g/mol. The van der Waals surface area contributed by atoms with Gasteiger partial charge in [0.1, 0.15) is 5.75 Å². The van der Waals surface area contributed by atoms with E-state index in [1.54, 1.807) is 0 Å². The summed E-state index contributed by atoms with van der Waals surface area (Å²) >= 11 is 0. The van der Waals surface area contributed by atoms with Crippen LogP contribution in [0.2, 0.25) is 0 Å². The number of nitrogens with one attached hydrogen (secondary N) is 1. The van der Waals surface area contributed by atoms with Crippen LogP contribution in [0.25, 0.3) is 0 Å². The molecule has 0 aliphatic rings. The molecule has 5 nitrogen and oxygen atoms in total. The summed E-state index contributed by atoms with van der Waals surface area (Å²) in [7, 11) is 0. The van der Waals surface area contributed by atoms with Gasteiger partial charge in [-0.2, -0.15) is 0 Å². The maximum atomic E-state index is 11.9. The van der Waals surface area contributed by atoms with Gasteiger partial charge < -0.3 is 14.8 Å². The van der Waals surface area contributed by atoms with Gasteiger partial charge in [0.25, 0.3) is 5.91 Å². The number of aryl methyl sites for hydroxylation is 2. The molecule has 0 aliphatic heterocycles. The predicted octanol–water partition coefficient (Wildman–Crippen LogP) is 3.95. The van der Waals surface area contributed by atoms with Crippen LogP contribution in [0.4, 0.5) is 5.69 Å². The van der Waals surface area contributed by atoms with Gasteiger partial charge in [0, 0.05) is 12.1 Å². The lowest BCUT2D eigenvalue weighted by atomic mass is 10.1. The Morgan fingerprint density at radius 3 is 2.46 bits per heavy atom. The second kappa shape index (κ2) is 9.61. The second-order valence-corrected chi connectivity index (χ2v) is 6.22. The zero-order valence-corrected chi connectivity index (χ0v) is 15.5. The van der Waals surface area contributed by atoms with Crippen LogP contribution in [0.5, 0.6) is 5.75 Å². The van der Waals surface area contributed by atoms with Crippen molar-refractivity contribution in [3.05, 3.63) is 59.2 Å². The van der Waals surface area contributed by atoms with E-state index in [0.29, 0.717) is 13.0 Å². The highest BCUT2D eigenvalue weighted by atomic mass is 16.5. The Morgan fingerprint density at radius 2 is 1.73 bits per heavy atom. The van der Waals surface area contributed by atoms with Gasteiger partial charge in [-0.3, -0.25) is 9.59 Å². The summed E-state index contributed by atoms with van der Waals surface area (Å²) in [6.07, 6.45) is 0.744. The number of benzene rings is 2. The highest BCUT2D eigenvalue weighted by molar-refractivity contribution is 5.93. The Balaban J connectivity index is 1.64. The number of amides is 1. The SMILES string of the molecule is Cc1ccc(OCCCC(=O)OCC(=O)Nc2cccc(C)c2C)cc1. The van der Waals surface area contributed by atoms with Gasteiger partial charge in [0.2, 0.25) is 0 Å². The van der Waals surface area contributed by atoms with E-state index in [-0.39, 0.29) is 18.9 Å². The summed E-state index contributed by atoms with van der Waals surface area (Å²) in [5.41, 5.74) is 3.99. The van der Waals surface area contributed by atoms with E-state index < -0.39 is 5.97 Å². The number of esters is 1. The molecule has 138 valence electrons. The molecular formula is C21H25NO4. The lowest BCUT2D eigenvalue weighted by molar-refractivity contribution is -0.147. The van der Waals surface area contributed by atoms with Crippen LogP contribution in [-0.2, 0) is 14.3 Å². The maximum absolute atomic E-state index is 11.9. The van der Waals surface area contributed by atoms with E-state index in [1.165, 1.54) is 5.56 Å². The van der Waals surface area contributed by atoms with Gasteiger partial charge in [-0.1, -0.05) is 29.8 Å². The predicted molar refractivity (Wildman–Crippen MR) is 101 cm³/mol. The van der Waals surface area contributed by atoms with E-state index in [2.05, 4.69) is 5.32 Å². The Bertz CT molecular complexity index is 753. The minimum atomic E-state index is -0.409. The van der Waals surface area contributed by atoms with Crippen molar-refractivity contribution in [2.45, 2.75) is 33.6 Å². The molecule has 0 aliphatic carbocycles. The third-order valence-electron chi connectivity index (χ3n) is 4.06. The summed E-state index contributed by atoms with van der Waals surface area (Å²) in [5.74, 6) is 0.0217. The first-order valence-electron chi connectivity index (χ1n) is 8.67. The van der Waals surface area contributed by atoms with Gasteiger partial charge >= 0.3 is 5.97 Å². The molecular weight excluding hydrogens is 330 g/mol. The van der Waals surface area contributed by atoms with Crippen molar-refractivity contribution in [1.82, 2.24) is 0 Å². The fourth-order valence-electron chi connectivity index (χ4n) is 2.33. The number of hydrogen-bond acceptors (Lipinski definition) is 4. The highest BCUT2D eigenvalue weighted by Crippen LogP contribution is 2.17. The lowest BCUT2D eigenvalue weighted by Gasteiger charge is -2.10. The van der Waals surface area contributed by atoms with Crippen LogP contribution in [0.15, 0.2) is 42.5 Å². The average molecular weight is 355 g/mol. The normalized spacial score (nSPS) is 10.3. The highest BCUT2D eigenvalue weighted by Gasteiger charge is 2.09. The standard InChI is InChI=1S/C21H25NO4/c1-15-9-11-18(12-10-15)25-13-5-8-21(24)26-14-20(23)22-19-7-4-6-16(2)17(19)3/h4,6-7,9-12H,5,8,13-14H2,1-3H3,(H,22,23). The smallest absolute Gasteiger partial charge is 0.306 e. The molecule has 0 atom stereocenters. The first-order valence-corrected chi connectivity index (χ1v) is 8.67. The van der Waals surface area contributed by atoms with Gasteiger partial charge in [0.05, 0.1) is 6.61 Å². The van der Waals surface area contributed by atoms with Crippen molar-refractivity contribution in [2.75, 3.05) is 18.5 Å². The third-order valence-corrected chi connectivity index (χ3v) is 4.06. The second-order valence-electron chi connectivity index (χ2n) is 6.22. The average Bonchev–Trinajstić information content (AvgIpc) is 2.62. The molecule has 0 bridgehead atoms. The van der Waals surface area contributed by atoms with Crippen molar-refractivity contribution in [2.24, 2.45) is 0 Å². The molecule has 0 heterocycles. The van der Waals surface area contributed by atoms with Gasteiger partial charge in [0.15, 0.2) is 6.61 Å². The zero-order chi connectivity index (χ0) is 18.9. The number of carbonyl (C=O) groups excluding carboxylic acids is 2. The summed E-state index contributed by atoms with van der Waals surface area (Å²) in [5, 5.41) is 2.76. The molecule has 26 heavy (non-hydrogen) atoms. The van der Waals surface area contributed by atoms with Crippen molar-refractivity contribution < 1.29 is 19.1 Å². The molecule has 2 rings (SSSR count). The molecule has 1 N–H and O–H groups in total. The quantitative estimate of drug-likeness (QED) is 0.575. The van der Waals surface area contributed by atoms with E-state index >= 15 is 0 Å². The molecule has 5 heteroatoms. The summed E-state index contributed by atoms with van der Waals surface area (Å²) in [6.45, 7) is 6.06. The summed E-state index contributed by atoms with van der Waals surface area (Å²) < 4.78 is 10.6. The van der Waals surface area contributed by atoms with Gasteiger partial charge in [-0.15, -0.1) is 0 Å². The van der Waals surface area contributed by atoms with Crippen LogP contribution in [0.3, 0.4) is 0 Å². The van der Waals surface area contributed by atoms with Crippen molar-refractivity contribution in [3.8, 4) is 5.75 Å². The van der Waals surface area contributed by atoms with Crippen molar-refractivity contribution in [3.63, 3.8) is 0 Å². The van der Waals surface area contributed by atoms with E-state index in [4.69, 9.17) is 9.47 Å². The van der Waals surface area contributed by atoms with Crippen LogP contribution >= 0.6 is 0 Å². The Morgan fingerprint density at radius 1 is 1.00 bits per heavy atom. The van der Waals surface area contributed by atoms with Crippen molar-refractivity contribution in [1.29, 1.82) is 0 Å². The van der Waals surface area contributed by atoms with Crippen LogP contribution in [-0.4, -0.2) is 25.1 Å². The number of hydrogen-bond donors (Lipinski definition) is 1. The number of carbonyl (C=O) groups is 2. The first-order chi connectivity index (χ1) is 12.5. The first kappa shape index (κ1) is 19.5. The summed E-state index contributed by atoms with van der Waals surface area (Å²) in [6, 6.07) is 13.4. The zero-order valence-electron chi connectivity index (χ0n) is 15.5. The molecule has 0 saturated carbocycles. The number of anilines is 1. The molecule has 0 spiro atoms. The van der Waals surface area contributed by atoms with Crippen molar-refractivity contribution >= 4 is 17.6 Å². The fraction of sp³-hybridized carbons (Fsp3) is 0.333. The van der Waals surface area contributed by atoms with Crippen LogP contribution < -0.4 is 10.1 Å². The molecule has 2 aromatic rings. The third kappa shape index (κ3) is 6.24. The van der Waals surface area contributed by atoms with Gasteiger partial charge in [-0.25, -0.2) is 0 Å². The minimum Gasteiger partial charge on any atom is -0.494 e. The minimum absolute atomic E-state index is 0.211. The summed E-state index contributed by atoms with van der Waals surface area (Å²) in [4.78, 5) is 23.6. The number of ether oxygens (including phenoxy) is 2. The maximum Gasteiger partial charge on any atom is 0.306 e. The van der Waals surface area contributed by atoms with Crippen LogP contribution in [0, 0.1) is 20.8 Å². The molecule has 2 aromatic carbocycles. The van der Waals surface area contributed by atoms with E-state index in [0.717, 1.165) is 22.6 Å². The lowest BCUT2D eigenvalue weighted by Crippen LogP contribution is -2.21. The Kier molecular flexibility index (Phi) is 7.21. The molecule has 0 aromatic heterocycles. The number of rotatable bonds is 8. The van der Waals surface area contributed by atoms with Gasteiger partial charge in [-0.05, 0) is 56.5 Å².